The Hall–Kier alpha value is -1.11. The van der Waals surface area contributed by atoms with E-state index in [0.717, 1.165) is 25.2 Å². The summed E-state index contributed by atoms with van der Waals surface area (Å²) in [5, 5.41) is 12.5. The van der Waals surface area contributed by atoms with Gasteiger partial charge in [0.05, 0.1) is 24.9 Å². The lowest BCUT2D eigenvalue weighted by molar-refractivity contribution is -0.211. The molecule has 6 rings (SSSR count). The summed E-state index contributed by atoms with van der Waals surface area (Å²) in [6, 6.07) is 0.0178. The van der Waals surface area contributed by atoms with Crippen molar-refractivity contribution in [1.82, 2.24) is 4.90 Å². The van der Waals surface area contributed by atoms with Gasteiger partial charge in [-0.3, -0.25) is 0 Å². The maximum absolute atomic E-state index is 13.0. The molecular formula is C28H44N2O4. The minimum absolute atomic E-state index is 0.0178. The smallest absolute Gasteiger partial charge is 0.355 e. The average Bonchev–Trinajstić information content (AvgIpc) is 3.35. The molecule has 190 valence electrons. The van der Waals surface area contributed by atoms with E-state index >= 15 is 0 Å². The first-order valence-electron chi connectivity index (χ1n) is 14.0. The summed E-state index contributed by atoms with van der Waals surface area (Å²) in [5.41, 5.74) is 6.18. The number of aliphatic hydroxyl groups is 1. The topological polar surface area (TPSA) is 85.0 Å². The lowest BCUT2D eigenvalue weighted by Gasteiger charge is -2.63. The first-order chi connectivity index (χ1) is 16.3. The van der Waals surface area contributed by atoms with Crippen molar-refractivity contribution in [3.05, 3.63) is 11.8 Å². The van der Waals surface area contributed by atoms with Crippen molar-refractivity contribution < 1.29 is 19.4 Å². The third-order valence-corrected chi connectivity index (χ3v) is 11.8. The Kier molecular flexibility index (Phi) is 5.62. The highest BCUT2D eigenvalue weighted by atomic mass is 16.6. The zero-order chi connectivity index (χ0) is 23.7. The minimum atomic E-state index is -0.645. The van der Waals surface area contributed by atoms with Gasteiger partial charge in [0.15, 0.2) is 0 Å². The zero-order valence-corrected chi connectivity index (χ0v) is 21.1. The summed E-state index contributed by atoms with van der Waals surface area (Å²) in [7, 11) is 0. The fourth-order valence-electron chi connectivity index (χ4n) is 9.85. The van der Waals surface area contributed by atoms with Gasteiger partial charge in [-0.2, -0.15) is 0 Å². The number of carbonyl (C=O) groups is 1. The van der Waals surface area contributed by atoms with E-state index in [1.807, 2.05) is 0 Å². The molecule has 6 aliphatic rings. The van der Waals surface area contributed by atoms with Crippen LogP contribution >= 0.6 is 0 Å². The van der Waals surface area contributed by atoms with Crippen LogP contribution < -0.4 is 5.73 Å². The Morgan fingerprint density at radius 1 is 1.06 bits per heavy atom. The molecule has 1 saturated heterocycles. The molecule has 0 aromatic rings. The van der Waals surface area contributed by atoms with Gasteiger partial charge in [0.2, 0.25) is 0 Å². The second-order valence-electron chi connectivity index (χ2n) is 12.8. The van der Waals surface area contributed by atoms with Gasteiger partial charge in [0.25, 0.3) is 0 Å². The highest BCUT2D eigenvalue weighted by Gasteiger charge is 2.68. The Labute approximate surface area is 204 Å². The van der Waals surface area contributed by atoms with Gasteiger partial charge in [-0.15, -0.1) is 0 Å². The molecule has 2 aliphatic heterocycles. The SMILES string of the molecule is C[C@]12CCCCC1CC[C@@H]1[C@@H]2CC[C@]2(C)[C@H]([C@@H]3C=C(N4CCOC[C@@H]4CN)C(=O)O3)CC[C@]12O. The minimum Gasteiger partial charge on any atom is -0.453 e. The molecule has 4 saturated carbocycles. The standard InChI is InChI=1S/C28H44N2O4/c1-26-10-4-3-5-18(26)6-7-21-20(26)8-11-27(2)22(9-12-28(21,27)32)24-15-23(25(31)34-24)30-13-14-33-17-19(30)16-29/h15,18-22,24,32H,3-14,16-17,29H2,1-2H3/t18?,19-,20-,21+,22-,24-,26-,27+,28-/m0/s1. The van der Waals surface area contributed by atoms with E-state index in [-0.39, 0.29) is 29.4 Å². The van der Waals surface area contributed by atoms with E-state index in [0.29, 0.717) is 49.3 Å². The van der Waals surface area contributed by atoms with Crippen molar-refractivity contribution >= 4 is 5.97 Å². The second-order valence-corrected chi connectivity index (χ2v) is 12.8. The predicted octanol–water partition coefficient (Wildman–Crippen LogP) is 3.62. The molecule has 6 heteroatoms. The summed E-state index contributed by atoms with van der Waals surface area (Å²) >= 11 is 0. The van der Waals surface area contributed by atoms with E-state index in [9.17, 15) is 9.90 Å². The summed E-state index contributed by atoms with van der Waals surface area (Å²) in [5.74, 6) is 1.82. The third kappa shape index (κ3) is 3.13. The normalized spacial score (nSPS) is 50.8. The maximum atomic E-state index is 13.0. The summed E-state index contributed by atoms with van der Waals surface area (Å²) in [4.78, 5) is 15.1. The molecule has 5 fully saturated rings. The van der Waals surface area contributed by atoms with Crippen molar-refractivity contribution in [2.75, 3.05) is 26.3 Å². The average molecular weight is 473 g/mol. The highest BCUT2D eigenvalue weighted by molar-refractivity contribution is 5.90. The van der Waals surface area contributed by atoms with Crippen LogP contribution in [0.2, 0.25) is 0 Å². The third-order valence-electron chi connectivity index (χ3n) is 11.8. The Morgan fingerprint density at radius 3 is 2.71 bits per heavy atom. The molecular weight excluding hydrogens is 428 g/mol. The van der Waals surface area contributed by atoms with Crippen LogP contribution in [0.5, 0.6) is 0 Å². The summed E-state index contributed by atoms with van der Waals surface area (Å²) in [6.07, 6.45) is 13.7. The molecule has 4 aliphatic carbocycles. The van der Waals surface area contributed by atoms with Crippen LogP contribution in [0.25, 0.3) is 0 Å². The fourth-order valence-corrected chi connectivity index (χ4v) is 9.85. The van der Waals surface area contributed by atoms with Gasteiger partial charge in [0, 0.05) is 24.4 Å². The van der Waals surface area contributed by atoms with Crippen LogP contribution in [0, 0.1) is 34.5 Å². The van der Waals surface area contributed by atoms with Gasteiger partial charge in [-0.25, -0.2) is 4.79 Å². The van der Waals surface area contributed by atoms with Crippen molar-refractivity contribution in [1.29, 1.82) is 0 Å². The molecule has 34 heavy (non-hydrogen) atoms. The number of nitrogens with two attached hydrogens (primary N) is 1. The number of hydrogen-bond donors (Lipinski definition) is 2. The molecule has 0 radical (unpaired) electrons. The molecule has 0 spiro atoms. The number of esters is 1. The number of fused-ring (bicyclic) bond motifs is 5. The number of cyclic esters (lactones) is 1. The van der Waals surface area contributed by atoms with E-state index in [4.69, 9.17) is 15.2 Å². The van der Waals surface area contributed by atoms with Gasteiger partial charge < -0.3 is 25.2 Å². The van der Waals surface area contributed by atoms with Crippen molar-refractivity contribution in [2.24, 2.45) is 40.2 Å². The quantitative estimate of drug-likeness (QED) is 0.611. The lowest BCUT2D eigenvalue weighted by atomic mass is 9.43. The Bertz CT molecular complexity index is 861. The van der Waals surface area contributed by atoms with Crippen LogP contribution in [-0.2, 0) is 14.3 Å². The predicted molar refractivity (Wildman–Crippen MR) is 130 cm³/mol. The number of ether oxygens (including phenoxy) is 2. The second kappa shape index (κ2) is 8.21. The van der Waals surface area contributed by atoms with E-state index in [1.165, 1.54) is 44.9 Å². The van der Waals surface area contributed by atoms with Crippen LogP contribution in [0.3, 0.4) is 0 Å². The highest BCUT2D eigenvalue weighted by Crippen LogP contribution is 2.69. The molecule has 0 amide bonds. The van der Waals surface area contributed by atoms with E-state index in [1.54, 1.807) is 0 Å². The molecule has 9 atom stereocenters. The summed E-state index contributed by atoms with van der Waals surface area (Å²) in [6.45, 7) is 7.15. The Morgan fingerprint density at radius 2 is 1.88 bits per heavy atom. The molecule has 0 bridgehead atoms. The number of rotatable bonds is 3. The first kappa shape index (κ1) is 23.3. The lowest BCUT2D eigenvalue weighted by Crippen LogP contribution is -2.62. The molecule has 0 aromatic carbocycles. The maximum Gasteiger partial charge on any atom is 0.355 e. The zero-order valence-electron chi connectivity index (χ0n) is 21.1. The monoisotopic (exact) mass is 472 g/mol. The number of nitrogens with zero attached hydrogens (tertiary/aromatic N) is 1. The van der Waals surface area contributed by atoms with Crippen LogP contribution in [-0.4, -0.2) is 60.0 Å². The van der Waals surface area contributed by atoms with Gasteiger partial charge in [-0.05, 0) is 80.6 Å². The molecule has 6 nitrogen and oxygen atoms in total. The van der Waals surface area contributed by atoms with Crippen LogP contribution in [0.4, 0.5) is 0 Å². The van der Waals surface area contributed by atoms with Crippen LogP contribution in [0.15, 0.2) is 11.8 Å². The van der Waals surface area contributed by atoms with Crippen molar-refractivity contribution in [3.8, 4) is 0 Å². The summed E-state index contributed by atoms with van der Waals surface area (Å²) < 4.78 is 11.6. The number of morpholine rings is 1. The molecule has 0 aromatic heterocycles. The van der Waals surface area contributed by atoms with Crippen LogP contribution in [0.1, 0.15) is 78.1 Å². The number of carbonyl (C=O) groups excluding carboxylic acids is 1. The van der Waals surface area contributed by atoms with Gasteiger partial charge >= 0.3 is 5.97 Å². The van der Waals surface area contributed by atoms with Gasteiger partial charge in [0.1, 0.15) is 11.8 Å². The van der Waals surface area contributed by atoms with Crippen molar-refractivity contribution in [3.63, 3.8) is 0 Å². The Balaban J connectivity index is 1.26. The van der Waals surface area contributed by atoms with Crippen molar-refractivity contribution in [2.45, 2.75) is 95.8 Å². The number of hydrogen-bond acceptors (Lipinski definition) is 6. The van der Waals surface area contributed by atoms with Gasteiger partial charge in [-0.1, -0.05) is 26.7 Å². The fraction of sp³-hybridized carbons (Fsp3) is 0.893. The first-order valence-corrected chi connectivity index (χ1v) is 14.0. The molecule has 2 heterocycles. The van der Waals surface area contributed by atoms with E-state index in [2.05, 4.69) is 24.8 Å². The van der Waals surface area contributed by atoms with E-state index < -0.39 is 5.60 Å². The molecule has 1 unspecified atom stereocenters. The largest absolute Gasteiger partial charge is 0.453 e. The molecule has 3 N–H and O–H groups in total.